The fourth-order valence-corrected chi connectivity index (χ4v) is 1.15. The summed E-state index contributed by atoms with van der Waals surface area (Å²) in [5, 5.41) is 0. The Morgan fingerprint density at radius 3 is 1.08 bits per heavy atom. The van der Waals surface area contributed by atoms with E-state index in [4.69, 9.17) is 0 Å². The van der Waals surface area contributed by atoms with Crippen molar-refractivity contribution in [1.82, 2.24) is 0 Å². The van der Waals surface area contributed by atoms with Gasteiger partial charge in [-0.25, -0.2) is 0 Å². The van der Waals surface area contributed by atoms with Crippen molar-refractivity contribution in [3.63, 3.8) is 0 Å². The first-order valence-electron chi connectivity index (χ1n) is 6.01. The third kappa shape index (κ3) is 68.9. The first-order valence-corrected chi connectivity index (χ1v) is 6.01. The van der Waals surface area contributed by atoms with Crippen molar-refractivity contribution in [3.8, 4) is 0 Å². The zero-order chi connectivity index (χ0) is 11.6. The average molecular weight is 351 g/mol. The molecule has 0 radical (unpaired) electrons. The summed E-state index contributed by atoms with van der Waals surface area (Å²) < 4.78 is 0. The lowest BCUT2D eigenvalue weighted by molar-refractivity contribution is 0.420. The summed E-state index contributed by atoms with van der Waals surface area (Å²) in [6, 6.07) is 0. The van der Waals surface area contributed by atoms with Crippen LogP contribution in [-0.2, 0) is 0 Å². The first-order chi connectivity index (χ1) is 7.06. The topological polar surface area (TPSA) is 0 Å². The van der Waals surface area contributed by atoms with Crippen molar-refractivity contribution in [1.29, 1.82) is 0 Å². The SMILES string of the molecule is C.C.C.C.C.C.C.C.C.CC/C=C\C/C=C\C/C=C\CC(C)(C)C. The van der Waals surface area contributed by atoms with Crippen LogP contribution in [0.15, 0.2) is 36.5 Å². The molecule has 0 N–H and O–H groups in total. The van der Waals surface area contributed by atoms with E-state index in [0.717, 1.165) is 25.7 Å². The third-order valence-corrected chi connectivity index (χ3v) is 2.01. The highest BCUT2D eigenvalue weighted by atomic mass is 14.1. The molecule has 0 aromatic rings. The predicted octanol–water partition coefficient (Wildman–Crippen LogP) is 11.0. The number of rotatable bonds is 6. The van der Waals surface area contributed by atoms with Gasteiger partial charge in [-0.1, -0.05) is 131 Å². The molecule has 24 heavy (non-hydrogen) atoms. The van der Waals surface area contributed by atoms with Crippen LogP contribution in [0.25, 0.3) is 0 Å². The summed E-state index contributed by atoms with van der Waals surface area (Å²) in [7, 11) is 0. The molecule has 0 heterocycles. The molecule has 0 spiro atoms. The minimum Gasteiger partial charge on any atom is -0.0885 e. The van der Waals surface area contributed by atoms with Crippen LogP contribution in [0.5, 0.6) is 0 Å². The molecule has 0 rings (SSSR count). The maximum atomic E-state index is 2.28. The molecule has 158 valence electrons. The molecule has 0 aromatic heterocycles. The molecular formula is C24H62. The van der Waals surface area contributed by atoms with Crippen LogP contribution < -0.4 is 0 Å². The van der Waals surface area contributed by atoms with E-state index in [1.54, 1.807) is 0 Å². The van der Waals surface area contributed by atoms with Crippen LogP contribution in [-0.4, -0.2) is 0 Å². The fourth-order valence-electron chi connectivity index (χ4n) is 1.15. The van der Waals surface area contributed by atoms with E-state index in [2.05, 4.69) is 64.2 Å². The van der Waals surface area contributed by atoms with Crippen molar-refractivity contribution < 1.29 is 0 Å². The molecule has 0 aromatic carbocycles. The molecule has 0 fully saturated rings. The molecule has 0 heteroatoms. The summed E-state index contributed by atoms with van der Waals surface area (Å²) >= 11 is 0. The molecule has 0 aliphatic rings. The zero-order valence-electron chi connectivity index (χ0n) is 10.8. The molecule has 0 amide bonds. The maximum Gasteiger partial charge on any atom is -0.0169 e. The Labute approximate surface area is 162 Å². The minimum absolute atomic E-state index is 0. The standard InChI is InChI=1S/C15H26.9CH4/c1-5-6-7-8-9-10-11-12-13-14-15(2,3)4;;;;;;;;;/h6-7,9-10,12-13H,5,8,11,14H2,1-4H3;9*1H4/b7-6-,10-9-,13-12-;;;;;;;;;. The Kier molecular flexibility index (Phi) is 118. The fraction of sp³-hybridized carbons (Fsp3) is 0.750. The van der Waals surface area contributed by atoms with Gasteiger partial charge in [0.1, 0.15) is 0 Å². The highest BCUT2D eigenvalue weighted by molar-refractivity contribution is 4.97. The zero-order valence-corrected chi connectivity index (χ0v) is 10.8. The van der Waals surface area contributed by atoms with Crippen LogP contribution in [0.2, 0.25) is 0 Å². The quantitative estimate of drug-likeness (QED) is 0.418. The smallest absolute Gasteiger partial charge is 0.0169 e. The van der Waals surface area contributed by atoms with Crippen LogP contribution in [0.3, 0.4) is 0 Å². The first kappa shape index (κ1) is 65.6. The van der Waals surface area contributed by atoms with E-state index in [1.165, 1.54) is 0 Å². The van der Waals surface area contributed by atoms with Crippen molar-refractivity contribution in [2.24, 2.45) is 5.41 Å². The summed E-state index contributed by atoms with van der Waals surface area (Å²) in [5.74, 6) is 0. The van der Waals surface area contributed by atoms with Gasteiger partial charge in [0.25, 0.3) is 0 Å². The summed E-state index contributed by atoms with van der Waals surface area (Å²) in [5.41, 5.74) is 0.421. The summed E-state index contributed by atoms with van der Waals surface area (Å²) in [6.45, 7) is 8.96. The second-order valence-corrected chi connectivity index (χ2v) is 5.06. The largest absolute Gasteiger partial charge is 0.0885 e. The third-order valence-electron chi connectivity index (χ3n) is 2.01. The summed E-state index contributed by atoms with van der Waals surface area (Å²) in [6.07, 6.45) is 17.9. The van der Waals surface area contributed by atoms with Crippen molar-refractivity contribution >= 4 is 0 Å². The Balaban J connectivity index is -0.0000000272. The molecule has 0 saturated heterocycles. The van der Waals surface area contributed by atoms with Crippen LogP contribution in [0.4, 0.5) is 0 Å². The van der Waals surface area contributed by atoms with Gasteiger partial charge in [-0.2, -0.15) is 0 Å². The number of hydrogen-bond donors (Lipinski definition) is 0. The Bertz CT molecular complexity index is 211. The molecular weight excluding hydrogens is 288 g/mol. The van der Waals surface area contributed by atoms with Gasteiger partial charge in [0.05, 0.1) is 0 Å². The molecule has 0 bridgehead atoms. The Morgan fingerprint density at radius 2 is 0.792 bits per heavy atom. The number of allylic oxidation sites excluding steroid dienone is 6. The molecule has 0 aliphatic carbocycles. The van der Waals surface area contributed by atoms with E-state index in [-0.39, 0.29) is 66.8 Å². The normalized spacial score (nSPS) is 8.50. The predicted molar refractivity (Wildman–Crippen MR) is 132 cm³/mol. The van der Waals surface area contributed by atoms with Gasteiger partial charge in [-0.3, -0.25) is 0 Å². The molecule has 0 nitrogen and oxygen atoms in total. The van der Waals surface area contributed by atoms with Crippen molar-refractivity contribution in [2.45, 2.75) is 120 Å². The Hall–Kier alpha value is -0.780. The molecule has 0 saturated carbocycles. The van der Waals surface area contributed by atoms with Crippen LogP contribution in [0.1, 0.15) is 120 Å². The second-order valence-electron chi connectivity index (χ2n) is 5.06. The van der Waals surface area contributed by atoms with E-state index in [0.29, 0.717) is 5.41 Å². The van der Waals surface area contributed by atoms with Crippen LogP contribution >= 0.6 is 0 Å². The maximum absolute atomic E-state index is 2.28. The van der Waals surface area contributed by atoms with Crippen molar-refractivity contribution in [3.05, 3.63) is 36.5 Å². The highest BCUT2D eigenvalue weighted by Crippen LogP contribution is 2.18. The second kappa shape index (κ2) is 43.2. The molecule has 0 unspecified atom stereocenters. The monoisotopic (exact) mass is 350 g/mol. The molecule has 0 atom stereocenters. The Morgan fingerprint density at radius 1 is 0.500 bits per heavy atom. The summed E-state index contributed by atoms with van der Waals surface area (Å²) in [4.78, 5) is 0. The van der Waals surface area contributed by atoms with E-state index >= 15 is 0 Å². The van der Waals surface area contributed by atoms with E-state index < -0.39 is 0 Å². The van der Waals surface area contributed by atoms with Crippen LogP contribution in [0, 0.1) is 5.41 Å². The lowest BCUT2D eigenvalue weighted by Gasteiger charge is -2.14. The lowest BCUT2D eigenvalue weighted by Crippen LogP contribution is -2.01. The van der Waals surface area contributed by atoms with E-state index in [1.807, 2.05) is 0 Å². The van der Waals surface area contributed by atoms with Crippen molar-refractivity contribution in [2.75, 3.05) is 0 Å². The van der Waals surface area contributed by atoms with Gasteiger partial charge < -0.3 is 0 Å². The molecule has 0 aliphatic heterocycles. The lowest BCUT2D eigenvalue weighted by atomic mass is 9.92. The minimum atomic E-state index is 0. The van der Waals surface area contributed by atoms with Gasteiger partial charge in [-0.15, -0.1) is 0 Å². The number of hydrogen-bond acceptors (Lipinski definition) is 0. The van der Waals surface area contributed by atoms with Gasteiger partial charge in [0, 0.05) is 0 Å². The van der Waals surface area contributed by atoms with Gasteiger partial charge in [-0.05, 0) is 31.1 Å². The highest BCUT2D eigenvalue weighted by Gasteiger charge is 2.05. The van der Waals surface area contributed by atoms with Gasteiger partial charge >= 0.3 is 0 Å². The van der Waals surface area contributed by atoms with Gasteiger partial charge in [0.2, 0.25) is 0 Å². The average Bonchev–Trinajstić information content (AvgIpc) is 2.14. The van der Waals surface area contributed by atoms with E-state index in [9.17, 15) is 0 Å². The van der Waals surface area contributed by atoms with Gasteiger partial charge in [0.15, 0.2) is 0 Å².